The minimum atomic E-state index is -1.07. The molecule has 2 rings (SSSR count). The number of hydrogen-bond acceptors (Lipinski definition) is 3. The third kappa shape index (κ3) is 5.69. The van der Waals surface area contributed by atoms with Gasteiger partial charge in [0.25, 0.3) is 0 Å². The molecule has 6 heteroatoms. The largest absolute Gasteiger partial charge is 0.386 e. The average molecular weight is 296 g/mol. The Morgan fingerprint density at radius 2 is 2.14 bits per heavy atom. The lowest BCUT2D eigenvalue weighted by molar-refractivity contribution is 0.126. The molecule has 2 amide bonds. The van der Waals surface area contributed by atoms with E-state index in [1.54, 1.807) is 12.1 Å². The fraction of sp³-hybridized carbons (Fsp3) is 0.533. The van der Waals surface area contributed by atoms with Crippen LogP contribution in [0.25, 0.3) is 0 Å². The molecular formula is C15H21FN2O3. The summed E-state index contributed by atoms with van der Waals surface area (Å²) in [6, 6.07) is 5.55. The minimum Gasteiger partial charge on any atom is -0.386 e. The highest BCUT2D eigenvalue weighted by atomic mass is 19.1. The van der Waals surface area contributed by atoms with Crippen molar-refractivity contribution < 1.29 is 19.0 Å². The highest BCUT2D eigenvalue weighted by Gasteiger charge is 2.20. The second-order valence-corrected chi connectivity index (χ2v) is 5.19. The van der Waals surface area contributed by atoms with E-state index in [-0.39, 0.29) is 12.1 Å². The van der Waals surface area contributed by atoms with Crippen molar-refractivity contribution in [3.63, 3.8) is 0 Å². The molecule has 0 spiro atoms. The summed E-state index contributed by atoms with van der Waals surface area (Å²) in [4.78, 5) is 11.5. The first kappa shape index (κ1) is 15.7. The average Bonchev–Trinajstić information content (AvgIpc) is 3.29. The molecular weight excluding hydrogens is 275 g/mol. The van der Waals surface area contributed by atoms with Crippen molar-refractivity contribution in [2.24, 2.45) is 5.92 Å². The zero-order valence-corrected chi connectivity index (χ0v) is 11.8. The van der Waals surface area contributed by atoms with E-state index in [4.69, 9.17) is 4.74 Å². The number of rotatable bonds is 8. The van der Waals surface area contributed by atoms with E-state index in [1.807, 2.05) is 0 Å². The van der Waals surface area contributed by atoms with Crippen LogP contribution in [0.15, 0.2) is 24.3 Å². The molecule has 3 N–H and O–H groups in total. The number of nitrogens with one attached hydrogen (secondary N) is 2. The van der Waals surface area contributed by atoms with Crippen LogP contribution in [0.1, 0.15) is 24.5 Å². The number of carbonyl (C=O) groups is 1. The normalized spacial score (nSPS) is 15.5. The maximum Gasteiger partial charge on any atom is 0.314 e. The number of aliphatic hydroxyl groups excluding tert-OH is 1. The molecule has 116 valence electrons. The van der Waals surface area contributed by atoms with Crippen molar-refractivity contribution in [2.45, 2.75) is 18.9 Å². The fourth-order valence-electron chi connectivity index (χ4n) is 1.88. The third-order valence-corrected chi connectivity index (χ3v) is 3.30. The number of amides is 2. The molecule has 1 fully saturated rings. The predicted molar refractivity (Wildman–Crippen MR) is 76.3 cm³/mol. The molecule has 0 heterocycles. The van der Waals surface area contributed by atoms with E-state index in [2.05, 4.69) is 10.6 Å². The number of hydrogen-bond donors (Lipinski definition) is 3. The molecule has 0 bridgehead atoms. The van der Waals surface area contributed by atoms with Crippen LogP contribution in [-0.4, -0.2) is 37.4 Å². The summed E-state index contributed by atoms with van der Waals surface area (Å²) in [6.07, 6.45) is 1.41. The summed E-state index contributed by atoms with van der Waals surface area (Å²) < 4.78 is 18.8. The first-order valence-electron chi connectivity index (χ1n) is 7.18. The van der Waals surface area contributed by atoms with Crippen LogP contribution >= 0.6 is 0 Å². The van der Waals surface area contributed by atoms with E-state index in [1.165, 1.54) is 25.0 Å². The summed E-state index contributed by atoms with van der Waals surface area (Å²) in [6.45, 7) is 1.60. The fourth-order valence-corrected chi connectivity index (χ4v) is 1.88. The molecule has 1 aliphatic carbocycles. The van der Waals surface area contributed by atoms with Gasteiger partial charge in [-0.1, -0.05) is 18.2 Å². The standard InChI is InChI=1S/C15H21FN2O3/c16-13-4-2-1-3-12(13)14(19)9-18-15(20)17-7-8-21-10-11-5-6-11/h1-4,11,14,19H,5-10H2,(H2,17,18,20). The molecule has 21 heavy (non-hydrogen) atoms. The van der Waals surface area contributed by atoms with E-state index in [9.17, 15) is 14.3 Å². The van der Waals surface area contributed by atoms with Crippen LogP contribution in [0.2, 0.25) is 0 Å². The number of aliphatic hydroxyl groups is 1. The van der Waals surface area contributed by atoms with Gasteiger partial charge in [-0.25, -0.2) is 9.18 Å². The minimum absolute atomic E-state index is 0.0459. The summed E-state index contributed by atoms with van der Waals surface area (Å²) >= 11 is 0. The van der Waals surface area contributed by atoms with Crippen molar-refractivity contribution in [1.29, 1.82) is 0 Å². The second kappa shape index (κ2) is 7.95. The van der Waals surface area contributed by atoms with Gasteiger partial charge < -0.3 is 20.5 Å². The Hall–Kier alpha value is -1.66. The van der Waals surface area contributed by atoms with Crippen molar-refractivity contribution >= 4 is 6.03 Å². The van der Waals surface area contributed by atoms with Gasteiger partial charge in [0.2, 0.25) is 0 Å². The van der Waals surface area contributed by atoms with Gasteiger partial charge in [-0.05, 0) is 24.8 Å². The monoisotopic (exact) mass is 296 g/mol. The summed E-state index contributed by atoms with van der Waals surface area (Å²) in [5.74, 6) is 0.218. The molecule has 1 aliphatic rings. The van der Waals surface area contributed by atoms with Gasteiger partial charge in [-0.15, -0.1) is 0 Å². The maximum atomic E-state index is 13.4. The van der Waals surface area contributed by atoms with Crippen molar-refractivity contribution in [2.75, 3.05) is 26.3 Å². The molecule has 0 saturated heterocycles. The lowest BCUT2D eigenvalue weighted by Crippen LogP contribution is -2.39. The van der Waals surface area contributed by atoms with Gasteiger partial charge in [0.15, 0.2) is 0 Å². The Bertz CT molecular complexity index is 466. The second-order valence-electron chi connectivity index (χ2n) is 5.19. The van der Waals surface area contributed by atoms with Gasteiger partial charge >= 0.3 is 6.03 Å². The first-order chi connectivity index (χ1) is 10.2. The van der Waals surface area contributed by atoms with Gasteiger partial charge in [-0.3, -0.25) is 0 Å². The van der Waals surface area contributed by atoms with Gasteiger partial charge in [0, 0.05) is 25.3 Å². The Balaban J connectivity index is 1.58. The topological polar surface area (TPSA) is 70.6 Å². The summed E-state index contributed by atoms with van der Waals surface area (Å²) in [5, 5.41) is 14.9. The van der Waals surface area contributed by atoms with E-state index in [0.717, 1.165) is 6.61 Å². The van der Waals surface area contributed by atoms with Crippen molar-refractivity contribution in [3.8, 4) is 0 Å². The number of urea groups is 1. The maximum absolute atomic E-state index is 13.4. The zero-order valence-electron chi connectivity index (χ0n) is 11.8. The van der Waals surface area contributed by atoms with Gasteiger partial charge in [-0.2, -0.15) is 0 Å². The van der Waals surface area contributed by atoms with Crippen LogP contribution in [0, 0.1) is 11.7 Å². The number of benzene rings is 1. The molecule has 0 aromatic heterocycles. The lowest BCUT2D eigenvalue weighted by atomic mass is 10.1. The Labute approximate surface area is 123 Å². The Morgan fingerprint density at radius 1 is 1.38 bits per heavy atom. The van der Waals surface area contributed by atoms with Crippen molar-refractivity contribution in [1.82, 2.24) is 10.6 Å². The molecule has 1 saturated carbocycles. The van der Waals surface area contributed by atoms with E-state index >= 15 is 0 Å². The van der Waals surface area contributed by atoms with Gasteiger partial charge in [0.1, 0.15) is 5.82 Å². The lowest BCUT2D eigenvalue weighted by Gasteiger charge is -2.13. The number of ether oxygens (including phenoxy) is 1. The van der Waals surface area contributed by atoms with E-state index in [0.29, 0.717) is 19.1 Å². The number of carbonyl (C=O) groups excluding carboxylic acids is 1. The zero-order chi connectivity index (χ0) is 15.1. The summed E-state index contributed by atoms with van der Waals surface area (Å²) in [7, 11) is 0. The molecule has 0 aliphatic heterocycles. The number of halogens is 1. The Kier molecular flexibility index (Phi) is 5.95. The molecule has 0 radical (unpaired) electrons. The molecule has 5 nitrogen and oxygen atoms in total. The quantitative estimate of drug-likeness (QED) is 0.638. The van der Waals surface area contributed by atoms with Gasteiger partial charge in [0.05, 0.1) is 12.7 Å². The highest BCUT2D eigenvalue weighted by molar-refractivity contribution is 5.73. The highest BCUT2D eigenvalue weighted by Crippen LogP contribution is 2.28. The third-order valence-electron chi connectivity index (χ3n) is 3.30. The SMILES string of the molecule is O=C(NCCOCC1CC1)NCC(O)c1ccccc1F. The van der Waals surface area contributed by atoms with Crippen LogP contribution in [0.3, 0.4) is 0 Å². The van der Waals surface area contributed by atoms with Crippen molar-refractivity contribution in [3.05, 3.63) is 35.6 Å². The van der Waals surface area contributed by atoms with E-state index < -0.39 is 18.0 Å². The van der Waals surface area contributed by atoms with Crippen LogP contribution < -0.4 is 10.6 Å². The van der Waals surface area contributed by atoms with Crippen LogP contribution in [0.4, 0.5) is 9.18 Å². The molecule has 1 aromatic carbocycles. The van der Waals surface area contributed by atoms with Crippen LogP contribution in [0.5, 0.6) is 0 Å². The summed E-state index contributed by atoms with van der Waals surface area (Å²) in [5.41, 5.74) is 0.172. The molecule has 1 aromatic rings. The molecule has 1 unspecified atom stereocenters. The Morgan fingerprint density at radius 3 is 2.86 bits per heavy atom. The predicted octanol–water partition coefficient (Wildman–Crippen LogP) is 1.58. The molecule has 1 atom stereocenters. The van der Waals surface area contributed by atoms with Crippen LogP contribution in [-0.2, 0) is 4.74 Å². The smallest absolute Gasteiger partial charge is 0.314 e. The first-order valence-corrected chi connectivity index (χ1v) is 7.18.